The van der Waals surface area contributed by atoms with Crippen LogP contribution in [0.15, 0.2) is 23.1 Å². The number of nitrogens with zero attached hydrogens (tertiary/aromatic N) is 2. The van der Waals surface area contributed by atoms with E-state index in [1.165, 1.54) is 36.7 Å². The Bertz CT molecular complexity index is 910. The number of sulfonamides is 1. The number of thiazole rings is 1. The number of amides is 1. The number of aryl methyl sites for hydroxylation is 1. The van der Waals surface area contributed by atoms with Gasteiger partial charge in [-0.05, 0) is 51.4 Å². The minimum atomic E-state index is -3.73. The van der Waals surface area contributed by atoms with Gasteiger partial charge in [-0.15, -0.1) is 11.3 Å². The SMILES string of the molecule is Cc1nc2ccc(S(=O)(=O)NCC(=O)NCCN3CCCC[C@H]3C)cc2s1. The smallest absolute Gasteiger partial charge is 0.241 e. The van der Waals surface area contributed by atoms with Crippen LogP contribution < -0.4 is 10.0 Å². The van der Waals surface area contributed by atoms with Crippen LogP contribution >= 0.6 is 11.3 Å². The topological polar surface area (TPSA) is 91.4 Å². The molecule has 1 atom stereocenters. The molecule has 27 heavy (non-hydrogen) atoms. The van der Waals surface area contributed by atoms with Crippen LogP contribution in [-0.2, 0) is 14.8 Å². The van der Waals surface area contributed by atoms with E-state index in [9.17, 15) is 13.2 Å². The van der Waals surface area contributed by atoms with Crippen molar-refractivity contribution >= 4 is 37.5 Å². The predicted octanol–water partition coefficient (Wildman–Crippen LogP) is 1.87. The molecule has 1 amide bonds. The summed E-state index contributed by atoms with van der Waals surface area (Å²) in [7, 11) is -3.73. The number of rotatable bonds is 7. The standard InChI is InChI=1S/C18H26N4O3S2/c1-13-5-3-4-9-22(13)10-8-19-18(23)12-20-27(24,25)15-6-7-16-17(11-15)26-14(2)21-16/h6-7,11,13,20H,3-5,8-10,12H2,1-2H3,(H,19,23)/t13-/m1/s1. The third-order valence-corrected chi connectivity index (χ3v) is 7.19. The van der Waals surface area contributed by atoms with Crippen molar-refractivity contribution in [2.45, 2.75) is 44.0 Å². The lowest BCUT2D eigenvalue weighted by atomic mass is 10.0. The quantitative estimate of drug-likeness (QED) is 0.727. The monoisotopic (exact) mass is 410 g/mol. The van der Waals surface area contributed by atoms with E-state index in [2.05, 4.69) is 26.8 Å². The Morgan fingerprint density at radius 1 is 1.37 bits per heavy atom. The number of carbonyl (C=O) groups is 1. The minimum absolute atomic E-state index is 0.147. The predicted molar refractivity (Wildman–Crippen MR) is 107 cm³/mol. The van der Waals surface area contributed by atoms with Crippen LogP contribution in [0, 0.1) is 6.92 Å². The number of nitrogens with one attached hydrogen (secondary N) is 2. The number of carbonyl (C=O) groups excluding carboxylic acids is 1. The van der Waals surface area contributed by atoms with Gasteiger partial charge in [0.2, 0.25) is 15.9 Å². The van der Waals surface area contributed by atoms with Gasteiger partial charge in [0, 0.05) is 19.1 Å². The third kappa shape index (κ3) is 5.25. The lowest BCUT2D eigenvalue weighted by Gasteiger charge is -2.33. The molecule has 3 rings (SSSR count). The van der Waals surface area contributed by atoms with Crippen LogP contribution in [0.5, 0.6) is 0 Å². The average molecular weight is 411 g/mol. The van der Waals surface area contributed by atoms with Gasteiger partial charge in [-0.2, -0.15) is 0 Å². The maximum Gasteiger partial charge on any atom is 0.241 e. The number of piperidine rings is 1. The molecule has 0 aliphatic carbocycles. The van der Waals surface area contributed by atoms with Crippen LogP contribution in [-0.4, -0.2) is 56.4 Å². The normalized spacial score (nSPS) is 18.7. The second-order valence-corrected chi connectivity index (χ2v) is 9.92. The highest BCUT2D eigenvalue weighted by atomic mass is 32.2. The average Bonchev–Trinajstić information content (AvgIpc) is 3.01. The molecule has 0 saturated carbocycles. The summed E-state index contributed by atoms with van der Waals surface area (Å²) in [6, 6.07) is 5.34. The molecule has 1 aromatic heterocycles. The highest BCUT2D eigenvalue weighted by Gasteiger charge is 2.19. The van der Waals surface area contributed by atoms with Gasteiger partial charge in [0.25, 0.3) is 0 Å². The van der Waals surface area contributed by atoms with Gasteiger partial charge in [0.05, 0.1) is 26.7 Å². The van der Waals surface area contributed by atoms with Crippen LogP contribution in [0.25, 0.3) is 10.2 Å². The van der Waals surface area contributed by atoms with Gasteiger partial charge in [-0.25, -0.2) is 18.1 Å². The Morgan fingerprint density at radius 2 is 2.19 bits per heavy atom. The summed E-state index contributed by atoms with van der Waals surface area (Å²) in [5, 5.41) is 3.68. The molecule has 2 heterocycles. The Labute approximate surface area is 164 Å². The zero-order chi connectivity index (χ0) is 19.4. The van der Waals surface area contributed by atoms with Gasteiger partial charge < -0.3 is 5.32 Å². The fourth-order valence-electron chi connectivity index (χ4n) is 3.32. The van der Waals surface area contributed by atoms with E-state index in [1.54, 1.807) is 12.1 Å². The fourth-order valence-corrected chi connectivity index (χ4v) is 5.27. The first kappa shape index (κ1) is 20.2. The van der Waals surface area contributed by atoms with Gasteiger partial charge in [-0.1, -0.05) is 6.42 Å². The van der Waals surface area contributed by atoms with Crippen molar-refractivity contribution in [1.82, 2.24) is 19.9 Å². The minimum Gasteiger partial charge on any atom is -0.354 e. The Kier molecular flexibility index (Phi) is 6.46. The summed E-state index contributed by atoms with van der Waals surface area (Å²) in [5.41, 5.74) is 0.779. The molecule has 0 radical (unpaired) electrons. The summed E-state index contributed by atoms with van der Waals surface area (Å²) in [4.78, 5) is 18.8. The molecule has 1 aliphatic heterocycles. The van der Waals surface area contributed by atoms with Crippen LogP contribution in [0.2, 0.25) is 0 Å². The molecule has 0 unspecified atom stereocenters. The van der Waals surface area contributed by atoms with Gasteiger partial charge >= 0.3 is 0 Å². The first-order valence-corrected chi connectivity index (χ1v) is 11.5. The zero-order valence-electron chi connectivity index (χ0n) is 15.7. The van der Waals surface area contributed by atoms with E-state index in [1.807, 2.05) is 6.92 Å². The van der Waals surface area contributed by atoms with E-state index in [0.29, 0.717) is 12.6 Å². The van der Waals surface area contributed by atoms with Gasteiger partial charge in [0.1, 0.15) is 0 Å². The summed E-state index contributed by atoms with van der Waals surface area (Å²) in [5.74, 6) is -0.321. The van der Waals surface area contributed by atoms with Crippen molar-refractivity contribution in [3.8, 4) is 0 Å². The highest BCUT2D eigenvalue weighted by molar-refractivity contribution is 7.89. The molecule has 2 N–H and O–H groups in total. The summed E-state index contributed by atoms with van der Waals surface area (Å²) in [6.45, 7) is 6.20. The van der Waals surface area contributed by atoms with Crippen LogP contribution in [0.4, 0.5) is 0 Å². The lowest BCUT2D eigenvalue weighted by molar-refractivity contribution is -0.120. The number of hydrogen-bond donors (Lipinski definition) is 2. The molecule has 0 spiro atoms. The highest BCUT2D eigenvalue weighted by Crippen LogP contribution is 2.24. The van der Waals surface area contributed by atoms with E-state index in [4.69, 9.17) is 0 Å². The second-order valence-electron chi connectivity index (χ2n) is 6.92. The van der Waals surface area contributed by atoms with Crippen LogP contribution in [0.3, 0.4) is 0 Å². The Hall–Kier alpha value is -1.55. The van der Waals surface area contributed by atoms with Crippen molar-refractivity contribution in [1.29, 1.82) is 0 Å². The number of hydrogen-bond acceptors (Lipinski definition) is 6. The van der Waals surface area contributed by atoms with Crippen LogP contribution in [0.1, 0.15) is 31.2 Å². The first-order chi connectivity index (χ1) is 12.8. The second kappa shape index (κ2) is 8.64. The molecular formula is C18H26N4O3S2. The molecule has 1 fully saturated rings. The van der Waals surface area contributed by atoms with Crippen molar-refractivity contribution in [2.24, 2.45) is 0 Å². The van der Waals surface area contributed by atoms with Gasteiger partial charge in [-0.3, -0.25) is 9.69 Å². The lowest BCUT2D eigenvalue weighted by Crippen LogP contribution is -2.44. The van der Waals surface area contributed by atoms with E-state index in [0.717, 1.165) is 28.3 Å². The molecule has 2 aromatic rings. The summed E-state index contributed by atoms with van der Waals surface area (Å²) >= 11 is 1.44. The molecule has 1 aromatic carbocycles. The summed E-state index contributed by atoms with van der Waals surface area (Å²) in [6.07, 6.45) is 3.65. The van der Waals surface area contributed by atoms with E-state index < -0.39 is 10.0 Å². The zero-order valence-corrected chi connectivity index (χ0v) is 17.3. The Balaban J connectivity index is 1.49. The number of benzene rings is 1. The van der Waals surface area contributed by atoms with Crippen molar-refractivity contribution in [3.05, 3.63) is 23.2 Å². The number of fused-ring (bicyclic) bond motifs is 1. The van der Waals surface area contributed by atoms with Gasteiger partial charge in [0.15, 0.2) is 0 Å². The molecule has 148 valence electrons. The third-order valence-electron chi connectivity index (χ3n) is 4.86. The molecule has 7 nitrogen and oxygen atoms in total. The fraction of sp³-hybridized carbons (Fsp3) is 0.556. The van der Waals surface area contributed by atoms with Crippen molar-refractivity contribution in [3.63, 3.8) is 0 Å². The van der Waals surface area contributed by atoms with Crippen molar-refractivity contribution in [2.75, 3.05) is 26.2 Å². The molecule has 0 bridgehead atoms. The van der Waals surface area contributed by atoms with E-state index >= 15 is 0 Å². The first-order valence-electron chi connectivity index (χ1n) is 9.23. The number of likely N-dealkylation sites (tertiary alicyclic amines) is 1. The maximum absolute atomic E-state index is 12.4. The van der Waals surface area contributed by atoms with Crippen molar-refractivity contribution < 1.29 is 13.2 Å². The largest absolute Gasteiger partial charge is 0.354 e. The molecule has 1 aliphatic rings. The Morgan fingerprint density at radius 3 is 2.96 bits per heavy atom. The maximum atomic E-state index is 12.4. The number of aromatic nitrogens is 1. The molecular weight excluding hydrogens is 384 g/mol. The molecule has 1 saturated heterocycles. The molecule has 9 heteroatoms. The summed E-state index contributed by atoms with van der Waals surface area (Å²) < 4.78 is 28.1. The van der Waals surface area contributed by atoms with E-state index in [-0.39, 0.29) is 17.3 Å².